The van der Waals surface area contributed by atoms with E-state index in [-0.39, 0.29) is 18.5 Å². The van der Waals surface area contributed by atoms with E-state index < -0.39 is 5.97 Å². The summed E-state index contributed by atoms with van der Waals surface area (Å²) in [6, 6.07) is 7.46. The maximum atomic E-state index is 12.2. The lowest BCUT2D eigenvalue weighted by Gasteiger charge is -2.14. The lowest BCUT2D eigenvalue weighted by Crippen LogP contribution is -2.30. The summed E-state index contributed by atoms with van der Waals surface area (Å²) in [6.45, 7) is 5.84. The average Bonchev–Trinajstić information content (AvgIpc) is 2.86. The molecule has 0 unspecified atom stereocenters. The van der Waals surface area contributed by atoms with E-state index in [0.717, 1.165) is 16.0 Å². The van der Waals surface area contributed by atoms with Crippen molar-refractivity contribution in [3.8, 4) is 0 Å². The van der Waals surface area contributed by atoms with Crippen LogP contribution in [0.1, 0.15) is 39.3 Å². The Hall–Kier alpha value is -1.89. The summed E-state index contributed by atoms with van der Waals surface area (Å²) < 4.78 is 4.81. The van der Waals surface area contributed by atoms with Crippen LogP contribution in [0.3, 0.4) is 0 Å². The molecule has 1 aromatic heterocycles. The molecule has 1 heterocycles. The molecular formula is C18H21ClN2O3S. The number of aryl methyl sites for hydroxylation is 1. The summed E-state index contributed by atoms with van der Waals surface area (Å²) in [7, 11) is 1.33. The van der Waals surface area contributed by atoms with Crippen LogP contribution in [-0.4, -0.2) is 25.5 Å². The second-order valence-electron chi connectivity index (χ2n) is 5.68. The second-order valence-corrected chi connectivity index (χ2v) is 7.34. The number of hydrogen-bond acceptors (Lipinski definition) is 5. The predicted octanol–water partition coefficient (Wildman–Crippen LogP) is 4.09. The van der Waals surface area contributed by atoms with Gasteiger partial charge in [0.15, 0.2) is 0 Å². The largest absolute Gasteiger partial charge is 0.465 e. The molecule has 7 heteroatoms. The highest BCUT2D eigenvalue weighted by molar-refractivity contribution is 7.16. The van der Waals surface area contributed by atoms with E-state index in [0.29, 0.717) is 15.6 Å². The van der Waals surface area contributed by atoms with E-state index >= 15 is 0 Å². The molecule has 0 aliphatic carbocycles. The molecule has 5 nitrogen and oxygen atoms in total. The van der Waals surface area contributed by atoms with Crippen LogP contribution in [0.15, 0.2) is 24.3 Å². The summed E-state index contributed by atoms with van der Waals surface area (Å²) in [5.74, 6) is -0.660. The minimum atomic E-state index is -0.445. The van der Waals surface area contributed by atoms with Crippen molar-refractivity contribution >= 4 is 39.8 Å². The van der Waals surface area contributed by atoms with Crippen molar-refractivity contribution in [3.05, 3.63) is 50.9 Å². The van der Waals surface area contributed by atoms with E-state index in [4.69, 9.17) is 16.3 Å². The quantitative estimate of drug-likeness (QED) is 0.740. The van der Waals surface area contributed by atoms with Gasteiger partial charge < -0.3 is 15.4 Å². The Morgan fingerprint density at radius 3 is 2.48 bits per heavy atom. The van der Waals surface area contributed by atoms with E-state index in [9.17, 15) is 9.59 Å². The smallest absolute Gasteiger partial charge is 0.341 e. The lowest BCUT2D eigenvalue weighted by molar-refractivity contribution is -0.115. The summed E-state index contributed by atoms with van der Waals surface area (Å²) in [6.07, 6.45) is 0. The van der Waals surface area contributed by atoms with E-state index in [2.05, 4.69) is 10.6 Å². The van der Waals surface area contributed by atoms with Gasteiger partial charge in [0, 0.05) is 15.9 Å². The van der Waals surface area contributed by atoms with Crippen LogP contribution in [0.4, 0.5) is 5.00 Å². The molecule has 134 valence electrons. The molecule has 0 bridgehead atoms. The van der Waals surface area contributed by atoms with Crippen molar-refractivity contribution in [2.24, 2.45) is 0 Å². The molecule has 0 fully saturated rings. The fourth-order valence-corrected chi connectivity index (χ4v) is 3.54. The normalized spacial score (nSPS) is 11.9. The van der Waals surface area contributed by atoms with Crippen molar-refractivity contribution in [2.75, 3.05) is 19.0 Å². The van der Waals surface area contributed by atoms with Gasteiger partial charge in [-0.05, 0) is 44.0 Å². The SMILES string of the molecule is COC(=O)c1c(NC(=O)CN[C@H](C)c2ccc(Cl)cc2)sc(C)c1C. The number of amides is 1. The van der Waals surface area contributed by atoms with Gasteiger partial charge >= 0.3 is 5.97 Å². The zero-order valence-electron chi connectivity index (χ0n) is 14.6. The number of thiophene rings is 1. The Balaban J connectivity index is 2.00. The number of hydrogen-bond donors (Lipinski definition) is 2. The Bertz CT molecular complexity index is 771. The van der Waals surface area contributed by atoms with E-state index in [1.807, 2.05) is 45.0 Å². The maximum Gasteiger partial charge on any atom is 0.341 e. The minimum absolute atomic E-state index is 0.00472. The third-order valence-electron chi connectivity index (χ3n) is 3.97. The molecule has 1 amide bonds. The number of esters is 1. The number of anilines is 1. The third-order valence-corrected chi connectivity index (χ3v) is 5.34. The molecule has 25 heavy (non-hydrogen) atoms. The number of methoxy groups -OCH3 is 1. The standard InChI is InChI=1S/C18H21ClN2O3S/c1-10-12(3)25-17(16(10)18(23)24-4)21-15(22)9-20-11(2)13-5-7-14(19)8-6-13/h5-8,11,20H,9H2,1-4H3,(H,21,22)/t11-/m1/s1. The van der Waals surface area contributed by atoms with E-state index in [1.165, 1.54) is 18.4 Å². The molecule has 0 aliphatic heterocycles. The Morgan fingerprint density at radius 2 is 1.88 bits per heavy atom. The highest BCUT2D eigenvalue weighted by Crippen LogP contribution is 2.32. The van der Waals surface area contributed by atoms with Gasteiger partial charge in [-0.15, -0.1) is 11.3 Å². The van der Waals surface area contributed by atoms with Crippen LogP contribution in [0.2, 0.25) is 5.02 Å². The number of benzene rings is 1. The summed E-state index contributed by atoms with van der Waals surface area (Å²) in [5, 5.41) is 7.15. The first-order valence-corrected chi connectivity index (χ1v) is 9.00. The van der Waals surface area contributed by atoms with Gasteiger partial charge in [0.25, 0.3) is 0 Å². The lowest BCUT2D eigenvalue weighted by atomic mass is 10.1. The number of carbonyl (C=O) groups is 2. The number of halogens is 1. The molecule has 0 radical (unpaired) electrons. The van der Waals surface area contributed by atoms with Gasteiger partial charge in [-0.2, -0.15) is 0 Å². The van der Waals surface area contributed by atoms with Crippen molar-refractivity contribution in [1.82, 2.24) is 5.32 Å². The third kappa shape index (κ3) is 4.81. The summed E-state index contributed by atoms with van der Waals surface area (Å²) in [4.78, 5) is 25.2. The van der Waals surface area contributed by atoms with E-state index in [1.54, 1.807) is 0 Å². The zero-order chi connectivity index (χ0) is 18.6. The van der Waals surface area contributed by atoms with Crippen LogP contribution < -0.4 is 10.6 Å². The van der Waals surface area contributed by atoms with Crippen LogP contribution in [0.25, 0.3) is 0 Å². The highest BCUT2D eigenvalue weighted by atomic mass is 35.5. The maximum absolute atomic E-state index is 12.2. The van der Waals surface area contributed by atoms with Gasteiger partial charge in [0.2, 0.25) is 5.91 Å². The number of ether oxygens (including phenoxy) is 1. The first-order valence-electron chi connectivity index (χ1n) is 7.80. The minimum Gasteiger partial charge on any atom is -0.465 e. The van der Waals surface area contributed by atoms with Gasteiger partial charge in [0.1, 0.15) is 5.00 Å². The first-order chi connectivity index (χ1) is 11.8. The highest BCUT2D eigenvalue weighted by Gasteiger charge is 2.21. The fraction of sp³-hybridized carbons (Fsp3) is 0.333. The molecule has 0 saturated heterocycles. The molecule has 2 aromatic rings. The predicted molar refractivity (Wildman–Crippen MR) is 102 cm³/mol. The van der Waals surface area contributed by atoms with Gasteiger partial charge in [-0.3, -0.25) is 4.79 Å². The first kappa shape index (κ1) is 19.4. The van der Waals surface area contributed by atoms with Crippen molar-refractivity contribution in [3.63, 3.8) is 0 Å². The molecule has 0 saturated carbocycles. The van der Waals surface area contributed by atoms with Crippen LogP contribution in [0.5, 0.6) is 0 Å². The van der Waals surface area contributed by atoms with Crippen molar-refractivity contribution in [1.29, 1.82) is 0 Å². The molecule has 1 atom stereocenters. The zero-order valence-corrected chi connectivity index (χ0v) is 16.2. The molecule has 1 aromatic carbocycles. The molecule has 0 aliphatic rings. The molecular weight excluding hydrogens is 360 g/mol. The average molecular weight is 381 g/mol. The van der Waals surface area contributed by atoms with Gasteiger partial charge in [-0.1, -0.05) is 23.7 Å². The number of carbonyl (C=O) groups excluding carboxylic acids is 2. The molecule has 2 N–H and O–H groups in total. The number of rotatable bonds is 6. The van der Waals surface area contributed by atoms with Gasteiger partial charge in [0.05, 0.1) is 19.2 Å². The topological polar surface area (TPSA) is 67.4 Å². The van der Waals surface area contributed by atoms with Crippen LogP contribution in [-0.2, 0) is 9.53 Å². The fourth-order valence-electron chi connectivity index (χ4n) is 2.35. The molecule has 0 spiro atoms. The Labute approximate surface area is 156 Å². The van der Waals surface area contributed by atoms with Crippen LogP contribution >= 0.6 is 22.9 Å². The second kappa shape index (κ2) is 8.47. The Kier molecular flexibility index (Phi) is 6.58. The monoisotopic (exact) mass is 380 g/mol. The van der Waals surface area contributed by atoms with Gasteiger partial charge in [-0.25, -0.2) is 4.79 Å². The van der Waals surface area contributed by atoms with Crippen molar-refractivity contribution < 1.29 is 14.3 Å². The summed E-state index contributed by atoms with van der Waals surface area (Å²) >= 11 is 7.25. The van der Waals surface area contributed by atoms with Crippen molar-refractivity contribution in [2.45, 2.75) is 26.8 Å². The Morgan fingerprint density at radius 1 is 1.24 bits per heavy atom. The number of nitrogens with one attached hydrogen (secondary N) is 2. The summed E-state index contributed by atoms with van der Waals surface area (Å²) in [5.41, 5.74) is 2.29. The molecule has 2 rings (SSSR count). The van der Waals surface area contributed by atoms with Crippen LogP contribution in [0, 0.1) is 13.8 Å².